The number of sulfonamides is 1. The van der Waals surface area contributed by atoms with Crippen molar-refractivity contribution in [3.8, 4) is 0 Å². The van der Waals surface area contributed by atoms with Gasteiger partial charge in [0.05, 0.1) is 18.8 Å². The highest BCUT2D eigenvalue weighted by Crippen LogP contribution is 2.22. The molecule has 0 unspecified atom stereocenters. The van der Waals surface area contributed by atoms with Crippen molar-refractivity contribution in [2.45, 2.75) is 24.1 Å². The van der Waals surface area contributed by atoms with Crippen molar-refractivity contribution < 1.29 is 45.0 Å². The number of hydrogen-bond acceptors (Lipinski definition) is 6. The number of morpholine rings is 1. The van der Waals surface area contributed by atoms with E-state index in [4.69, 9.17) is 9.47 Å². The van der Waals surface area contributed by atoms with Crippen molar-refractivity contribution in [2.75, 3.05) is 32.8 Å². The maximum absolute atomic E-state index is 14.1. The first kappa shape index (κ1) is 23.0. The van der Waals surface area contributed by atoms with Gasteiger partial charge in [0.2, 0.25) is 10.0 Å². The third kappa shape index (κ3) is 6.11. The molecular formula is C16H18F4N2O6S. The third-order valence-corrected chi connectivity index (χ3v) is 5.78. The van der Waals surface area contributed by atoms with E-state index in [1.807, 2.05) is 0 Å². The van der Waals surface area contributed by atoms with Crippen molar-refractivity contribution >= 4 is 21.9 Å². The summed E-state index contributed by atoms with van der Waals surface area (Å²) in [4.78, 5) is 23.0. The number of carbonyl (C=O) groups is 2. The second kappa shape index (κ2) is 9.05. The number of ether oxygens (including phenoxy) is 2. The Morgan fingerprint density at radius 1 is 1.28 bits per heavy atom. The third-order valence-electron chi connectivity index (χ3n) is 3.87. The molecule has 0 bridgehead atoms. The molecule has 162 valence electrons. The second-order valence-corrected chi connectivity index (χ2v) is 7.95. The minimum atomic E-state index is -4.64. The molecule has 0 aliphatic carbocycles. The predicted octanol–water partition coefficient (Wildman–Crippen LogP) is 1.07. The zero-order valence-corrected chi connectivity index (χ0v) is 16.0. The molecule has 1 heterocycles. The largest absolute Gasteiger partial charge is 0.449 e. The molecule has 0 saturated carbocycles. The Balaban J connectivity index is 2.14. The number of carbonyl (C=O) groups excluding carboxylic acids is 2. The second-order valence-electron chi connectivity index (χ2n) is 6.04. The Morgan fingerprint density at radius 3 is 2.48 bits per heavy atom. The molecule has 8 nitrogen and oxygen atoms in total. The van der Waals surface area contributed by atoms with Gasteiger partial charge in [-0.2, -0.15) is 17.5 Å². The lowest BCUT2D eigenvalue weighted by molar-refractivity contribution is -0.143. The molecule has 2 rings (SSSR count). The molecule has 1 N–H and O–H groups in total. The fourth-order valence-corrected chi connectivity index (χ4v) is 3.87. The minimum absolute atomic E-state index is 0.00680. The first-order chi connectivity index (χ1) is 13.4. The minimum Gasteiger partial charge on any atom is -0.449 e. The van der Waals surface area contributed by atoms with Gasteiger partial charge in [-0.3, -0.25) is 4.79 Å². The lowest BCUT2D eigenvalue weighted by Crippen LogP contribution is -2.41. The summed E-state index contributed by atoms with van der Waals surface area (Å²) in [6, 6.07) is 2.44. The predicted molar refractivity (Wildman–Crippen MR) is 89.9 cm³/mol. The van der Waals surface area contributed by atoms with E-state index in [0.717, 1.165) is 29.4 Å². The van der Waals surface area contributed by atoms with Crippen LogP contribution in [0, 0.1) is 5.82 Å². The van der Waals surface area contributed by atoms with Gasteiger partial charge in [-0.1, -0.05) is 0 Å². The van der Waals surface area contributed by atoms with E-state index in [-0.39, 0.29) is 31.9 Å². The maximum Gasteiger partial charge on any atom is 0.405 e. The number of amides is 1. The van der Waals surface area contributed by atoms with E-state index in [1.54, 1.807) is 5.32 Å². The van der Waals surface area contributed by atoms with Crippen LogP contribution in [0.3, 0.4) is 0 Å². The van der Waals surface area contributed by atoms with Gasteiger partial charge >= 0.3 is 12.1 Å². The molecule has 0 aromatic heterocycles. The number of halogens is 4. The standard InChI is InChI=1S/C16H18F4N2O6S/c1-10(14(23)21-9-16(18,19)20)28-15(24)11-2-3-12(17)13(8-11)29(25,26)22-4-6-27-7-5-22/h2-3,8,10H,4-7,9H2,1H3,(H,21,23)/t10-/m0/s1. The van der Waals surface area contributed by atoms with Crippen LogP contribution in [-0.4, -0.2) is 69.7 Å². The number of benzene rings is 1. The molecular weight excluding hydrogens is 424 g/mol. The van der Waals surface area contributed by atoms with Crippen molar-refractivity contribution in [1.29, 1.82) is 0 Å². The zero-order chi connectivity index (χ0) is 21.8. The van der Waals surface area contributed by atoms with E-state index < -0.39 is 51.4 Å². The van der Waals surface area contributed by atoms with Crippen LogP contribution in [0.25, 0.3) is 0 Å². The first-order valence-corrected chi connectivity index (χ1v) is 9.79. The summed E-state index contributed by atoms with van der Waals surface area (Å²) in [6.07, 6.45) is -6.23. The summed E-state index contributed by atoms with van der Waals surface area (Å²) < 4.78 is 86.5. The summed E-state index contributed by atoms with van der Waals surface area (Å²) in [5.74, 6) is -3.49. The number of nitrogens with zero attached hydrogens (tertiary/aromatic N) is 1. The molecule has 1 aromatic rings. The molecule has 0 radical (unpaired) electrons. The molecule has 29 heavy (non-hydrogen) atoms. The molecule has 1 aromatic carbocycles. The zero-order valence-electron chi connectivity index (χ0n) is 15.2. The maximum atomic E-state index is 14.1. The SMILES string of the molecule is C[C@H](OC(=O)c1ccc(F)c(S(=O)(=O)N2CCOCC2)c1)C(=O)NCC(F)(F)F. The summed E-state index contributed by atoms with van der Waals surface area (Å²) in [5, 5.41) is 1.55. The molecule has 1 atom stereocenters. The van der Waals surface area contributed by atoms with Crippen LogP contribution in [0.1, 0.15) is 17.3 Å². The summed E-state index contributed by atoms with van der Waals surface area (Å²) >= 11 is 0. The lowest BCUT2D eigenvalue weighted by atomic mass is 10.2. The van der Waals surface area contributed by atoms with Gasteiger partial charge in [-0.05, 0) is 25.1 Å². The van der Waals surface area contributed by atoms with Crippen LogP contribution in [0.5, 0.6) is 0 Å². The topological polar surface area (TPSA) is 102 Å². The Bertz CT molecular complexity index is 869. The monoisotopic (exact) mass is 442 g/mol. The van der Waals surface area contributed by atoms with Gasteiger partial charge in [0.15, 0.2) is 6.10 Å². The lowest BCUT2D eigenvalue weighted by Gasteiger charge is -2.26. The Hall–Kier alpha value is -2.25. The Morgan fingerprint density at radius 2 is 1.90 bits per heavy atom. The van der Waals surface area contributed by atoms with Crippen LogP contribution in [0.15, 0.2) is 23.1 Å². The van der Waals surface area contributed by atoms with E-state index in [9.17, 15) is 35.6 Å². The highest BCUT2D eigenvalue weighted by molar-refractivity contribution is 7.89. The number of alkyl halides is 3. The van der Waals surface area contributed by atoms with Gasteiger partial charge in [-0.15, -0.1) is 0 Å². The first-order valence-electron chi connectivity index (χ1n) is 8.35. The summed E-state index contributed by atoms with van der Waals surface area (Å²) in [7, 11) is -4.25. The van der Waals surface area contributed by atoms with Crippen LogP contribution < -0.4 is 5.32 Å². The summed E-state index contributed by atoms with van der Waals surface area (Å²) in [5.41, 5.74) is -0.381. The van der Waals surface area contributed by atoms with Gasteiger partial charge < -0.3 is 14.8 Å². The van der Waals surface area contributed by atoms with Crippen molar-refractivity contribution in [3.05, 3.63) is 29.6 Å². The normalized spacial score (nSPS) is 16.9. The number of hydrogen-bond donors (Lipinski definition) is 1. The van der Waals surface area contributed by atoms with E-state index >= 15 is 0 Å². The molecule has 1 aliphatic rings. The summed E-state index contributed by atoms with van der Waals surface area (Å²) in [6.45, 7) is -0.287. The quantitative estimate of drug-likeness (QED) is 0.523. The molecule has 13 heteroatoms. The molecule has 1 amide bonds. The fourth-order valence-electron chi connectivity index (χ4n) is 2.37. The van der Waals surface area contributed by atoms with E-state index in [2.05, 4.69) is 0 Å². The van der Waals surface area contributed by atoms with Crippen LogP contribution in [-0.2, 0) is 24.3 Å². The highest BCUT2D eigenvalue weighted by Gasteiger charge is 2.31. The smallest absolute Gasteiger partial charge is 0.405 e. The Kier molecular flexibility index (Phi) is 7.19. The van der Waals surface area contributed by atoms with Gasteiger partial charge in [0.25, 0.3) is 5.91 Å². The van der Waals surface area contributed by atoms with Gasteiger partial charge in [0, 0.05) is 13.1 Å². The fraction of sp³-hybridized carbons (Fsp3) is 0.500. The van der Waals surface area contributed by atoms with Crippen molar-refractivity contribution in [1.82, 2.24) is 9.62 Å². The molecule has 1 fully saturated rings. The van der Waals surface area contributed by atoms with Crippen LogP contribution >= 0.6 is 0 Å². The van der Waals surface area contributed by atoms with E-state index in [1.165, 1.54) is 0 Å². The van der Waals surface area contributed by atoms with Gasteiger partial charge in [-0.25, -0.2) is 17.6 Å². The molecule has 1 saturated heterocycles. The number of rotatable bonds is 6. The number of nitrogens with one attached hydrogen (secondary N) is 1. The molecule has 1 aliphatic heterocycles. The van der Waals surface area contributed by atoms with Gasteiger partial charge in [0.1, 0.15) is 17.3 Å². The highest BCUT2D eigenvalue weighted by atomic mass is 32.2. The Labute approximate surface area is 163 Å². The van der Waals surface area contributed by atoms with Crippen molar-refractivity contribution in [2.24, 2.45) is 0 Å². The molecule has 0 spiro atoms. The average molecular weight is 442 g/mol. The number of esters is 1. The van der Waals surface area contributed by atoms with E-state index in [0.29, 0.717) is 0 Å². The average Bonchev–Trinajstić information content (AvgIpc) is 2.66. The van der Waals surface area contributed by atoms with Crippen molar-refractivity contribution in [3.63, 3.8) is 0 Å². The van der Waals surface area contributed by atoms with Crippen LogP contribution in [0.2, 0.25) is 0 Å². The van der Waals surface area contributed by atoms with Crippen LogP contribution in [0.4, 0.5) is 17.6 Å².